The van der Waals surface area contributed by atoms with E-state index < -0.39 is 0 Å². The normalized spacial score (nSPS) is 15.5. The van der Waals surface area contributed by atoms with E-state index in [1.54, 1.807) is 0 Å². The number of allylic oxidation sites excluding steroid dienone is 11. The fourth-order valence-electron chi connectivity index (χ4n) is 6.52. The van der Waals surface area contributed by atoms with E-state index in [0.29, 0.717) is 0 Å². The van der Waals surface area contributed by atoms with E-state index >= 15 is 0 Å². The van der Waals surface area contributed by atoms with E-state index in [0.717, 1.165) is 55.9 Å². The Balaban J connectivity index is 1.25. The topological polar surface area (TPSA) is 24.9 Å². The van der Waals surface area contributed by atoms with Crippen LogP contribution in [0, 0.1) is 0 Å². The van der Waals surface area contributed by atoms with Crippen molar-refractivity contribution in [1.82, 2.24) is 10.3 Å². The van der Waals surface area contributed by atoms with E-state index in [-0.39, 0.29) is 0 Å². The van der Waals surface area contributed by atoms with Crippen LogP contribution in [0.4, 0.5) is 0 Å². The molecule has 0 saturated carbocycles. The van der Waals surface area contributed by atoms with Crippen LogP contribution in [0.3, 0.4) is 0 Å². The summed E-state index contributed by atoms with van der Waals surface area (Å²) in [6.45, 7) is 12.9. The molecule has 2 nitrogen and oxygen atoms in total. The van der Waals surface area contributed by atoms with Crippen LogP contribution < -0.4 is 5.32 Å². The zero-order chi connectivity index (χ0) is 35.2. The van der Waals surface area contributed by atoms with Crippen molar-refractivity contribution >= 4 is 38.3 Å². The van der Waals surface area contributed by atoms with Crippen molar-refractivity contribution in [2.75, 3.05) is 0 Å². The Labute approximate surface area is 301 Å². The highest BCUT2D eigenvalue weighted by Crippen LogP contribution is 2.35. The highest BCUT2D eigenvalue weighted by atomic mass is 14.9. The van der Waals surface area contributed by atoms with Crippen LogP contribution in [0.25, 0.3) is 60.5 Å². The van der Waals surface area contributed by atoms with Gasteiger partial charge in [-0.2, -0.15) is 0 Å². The molecule has 1 aromatic heterocycles. The average molecular weight is 657 g/mol. The predicted octanol–water partition coefficient (Wildman–Crippen LogP) is 12.9. The summed E-state index contributed by atoms with van der Waals surface area (Å²) >= 11 is 0. The van der Waals surface area contributed by atoms with Gasteiger partial charge in [-0.05, 0) is 127 Å². The highest BCUT2D eigenvalue weighted by molar-refractivity contribution is 5.94. The van der Waals surface area contributed by atoms with E-state index in [4.69, 9.17) is 0 Å². The maximum atomic E-state index is 4.61. The number of rotatable bonds is 8. The number of nitrogens with one attached hydrogen (secondary N) is 1. The summed E-state index contributed by atoms with van der Waals surface area (Å²) in [6.07, 6.45) is 20.2. The summed E-state index contributed by atoms with van der Waals surface area (Å²) in [5.74, 6) is 0. The van der Waals surface area contributed by atoms with Gasteiger partial charge >= 0.3 is 0 Å². The molecular formula is C49H40N2. The van der Waals surface area contributed by atoms with Gasteiger partial charge in [-0.3, -0.25) is 4.98 Å². The van der Waals surface area contributed by atoms with Crippen molar-refractivity contribution in [3.05, 3.63) is 218 Å². The quantitative estimate of drug-likeness (QED) is 0.165. The minimum absolute atomic E-state index is 0.862. The van der Waals surface area contributed by atoms with Crippen LogP contribution in [0.1, 0.15) is 30.7 Å². The lowest BCUT2D eigenvalue weighted by Crippen LogP contribution is -2.10. The van der Waals surface area contributed by atoms with Crippen molar-refractivity contribution in [3.8, 4) is 22.3 Å². The molecule has 6 aromatic rings. The number of hydrogen-bond donors (Lipinski definition) is 1. The largest absolute Gasteiger partial charge is 0.360 e. The highest BCUT2D eigenvalue weighted by Gasteiger charge is 2.14. The van der Waals surface area contributed by atoms with E-state index in [9.17, 15) is 0 Å². The molecule has 0 unspecified atom stereocenters. The molecule has 0 aliphatic heterocycles. The van der Waals surface area contributed by atoms with Crippen LogP contribution in [-0.2, 0) is 0 Å². The number of aromatic nitrogens is 1. The Morgan fingerprint density at radius 2 is 1.25 bits per heavy atom. The number of fused-ring (bicyclic) bond motifs is 3. The van der Waals surface area contributed by atoms with Gasteiger partial charge < -0.3 is 5.32 Å². The number of pyridine rings is 1. The third-order valence-corrected chi connectivity index (χ3v) is 9.34. The number of nitrogens with zero attached hydrogens (tertiary/aromatic N) is 1. The standard InChI is InChI=1S/C49H40N2/c1-5-6-7-15-35(3)49(36(4)48-19-12-13-28-50-48)51-33-45-18-9-8-14-34(2)46-27-26-44(32-47(45)46)43-25-24-41-30-40(22-23-42(41)31-43)39-21-20-37-16-10-11-17-38(37)29-39/h5-33,51H,2-3H2,1,4H3/b6-5-,14-8-,15-7-,18-9-,45-33-,49-36+. The maximum absolute atomic E-state index is 4.61. The van der Waals surface area contributed by atoms with Crippen molar-refractivity contribution in [1.29, 1.82) is 0 Å². The van der Waals surface area contributed by atoms with Crippen LogP contribution in [0.5, 0.6) is 0 Å². The second-order valence-electron chi connectivity index (χ2n) is 12.7. The van der Waals surface area contributed by atoms with Crippen molar-refractivity contribution in [3.63, 3.8) is 0 Å². The van der Waals surface area contributed by atoms with Gasteiger partial charge in [0.15, 0.2) is 0 Å². The third-order valence-electron chi connectivity index (χ3n) is 9.34. The van der Waals surface area contributed by atoms with E-state index in [2.05, 4.69) is 152 Å². The fraction of sp³-hybridized carbons (Fsp3) is 0.0408. The minimum atomic E-state index is 0.862. The maximum Gasteiger partial charge on any atom is 0.0679 e. The molecule has 0 amide bonds. The third kappa shape index (κ3) is 7.27. The Morgan fingerprint density at radius 3 is 1.94 bits per heavy atom. The molecule has 51 heavy (non-hydrogen) atoms. The van der Waals surface area contributed by atoms with Gasteiger partial charge in [-0.25, -0.2) is 0 Å². The second kappa shape index (κ2) is 14.9. The average Bonchev–Trinajstić information content (AvgIpc) is 3.17. The summed E-state index contributed by atoms with van der Waals surface area (Å²) in [7, 11) is 0. The molecule has 0 fully saturated rings. The minimum Gasteiger partial charge on any atom is -0.360 e. The molecule has 5 aromatic carbocycles. The van der Waals surface area contributed by atoms with Gasteiger partial charge in [0, 0.05) is 18.1 Å². The Hall–Kier alpha value is -6.51. The molecule has 1 heterocycles. The van der Waals surface area contributed by atoms with Gasteiger partial charge in [0.1, 0.15) is 0 Å². The first-order valence-corrected chi connectivity index (χ1v) is 17.3. The molecular weight excluding hydrogens is 617 g/mol. The molecule has 1 aliphatic rings. The van der Waals surface area contributed by atoms with Gasteiger partial charge in [-0.15, -0.1) is 0 Å². The molecule has 2 heteroatoms. The predicted molar refractivity (Wildman–Crippen MR) is 221 cm³/mol. The van der Waals surface area contributed by atoms with Gasteiger partial charge in [0.2, 0.25) is 0 Å². The Bertz CT molecular complexity index is 2480. The number of benzene rings is 5. The number of hydrogen-bond acceptors (Lipinski definition) is 2. The molecule has 0 radical (unpaired) electrons. The first kappa shape index (κ1) is 33.0. The molecule has 7 rings (SSSR count). The van der Waals surface area contributed by atoms with Crippen molar-refractivity contribution in [2.45, 2.75) is 13.8 Å². The Morgan fingerprint density at radius 1 is 0.647 bits per heavy atom. The second-order valence-corrected chi connectivity index (χ2v) is 12.7. The van der Waals surface area contributed by atoms with Crippen LogP contribution in [-0.4, -0.2) is 4.98 Å². The van der Waals surface area contributed by atoms with Crippen LogP contribution >= 0.6 is 0 Å². The first-order valence-electron chi connectivity index (χ1n) is 17.3. The first-order chi connectivity index (χ1) is 25.0. The van der Waals surface area contributed by atoms with Crippen LogP contribution in [0.15, 0.2) is 201 Å². The lowest BCUT2D eigenvalue weighted by molar-refractivity contribution is 1.08. The molecule has 1 aliphatic carbocycles. The SMILES string of the molecule is C=C(/C=C\C=C/C)/C(N/C=C1/C=C\C=C/C(=C)c2ccc(-c3ccc4cc(-c5ccc6ccccc6c5)ccc4c3)cc21)=C(/C)c1ccccn1. The van der Waals surface area contributed by atoms with Crippen LogP contribution in [0.2, 0.25) is 0 Å². The molecule has 0 spiro atoms. The van der Waals surface area contributed by atoms with Gasteiger partial charge in [-0.1, -0.05) is 141 Å². The molecule has 0 saturated heterocycles. The smallest absolute Gasteiger partial charge is 0.0679 e. The molecule has 246 valence electrons. The summed E-state index contributed by atoms with van der Waals surface area (Å²) < 4.78 is 0. The molecule has 0 bridgehead atoms. The van der Waals surface area contributed by atoms with Gasteiger partial charge in [0.05, 0.1) is 5.69 Å². The monoisotopic (exact) mass is 656 g/mol. The van der Waals surface area contributed by atoms with Crippen molar-refractivity contribution < 1.29 is 0 Å². The van der Waals surface area contributed by atoms with E-state index in [1.807, 2.05) is 61.7 Å². The van der Waals surface area contributed by atoms with Crippen molar-refractivity contribution in [2.24, 2.45) is 0 Å². The zero-order valence-electron chi connectivity index (χ0n) is 29.1. The lowest BCUT2D eigenvalue weighted by atomic mass is 9.89. The molecule has 0 atom stereocenters. The Kier molecular flexibility index (Phi) is 9.67. The summed E-state index contributed by atoms with van der Waals surface area (Å²) in [4.78, 5) is 4.61. The van der Waals surface area contributed by atoms with Gasteiger partial charge in [0.25, 0.3) is 0 Å². The summed E-state index contributed by atoms with van der Waals surface area (Å²) in [5, 5.41) is 8.56. The van der Waals surface area contributed by atoms with E-state index in [1.165, 1.54) is 32.7 Å². The molecule has 1 N–H and O–H groups in total. The lowest BCUT2D eigenvalue weighted by Gasteiger charge is -2.18. The summed E-state index contributed by atoms with van der Waals surface area (Å²) in [5.41, 5.74) is 12.6. The summed E-state index contributed by atoms with van der Waals surface area (Å²) in [6, 6.07) is 41.3. The fourth-order valence-corrected chi connectivity index (χ4v) is 6.52. The zero-order valence-corrected chi connectivity index (χ0v) is 29.1.